The third kappa shape index (κ3) is 3.30. The van der Waals surface area contributed by atoms with Crippen LogP contribution in [0.2, 0.25) is 0 Å². The summed E-state index contributed by atoms with van der Waals surface area (Å²) in [5.74, 6) is -0.518. The second kappa shape index (κ2) is 6.72. The van der Waals surface area contributed by atoms with Crippen LogP contribution in [-0.2, 0) is 4.74 Å². The zero-order valence-electron chi connectivity index (χ0n) is 12.4. The van der Waals surface area contributed by atoms with Gasteiger partial charge in [0.15, 0.2) is 5.69 Å². The second-order valence-electron chi connectivity index (χ2n) is 4.88. The smallest absolute Gasteiger partial charge is 0.280 e. The van der Waals surface area contributed by atoms with Crippen LogP contribution >= 0.6 is 11.3 Å². The SMILES string of the molecule is CO[C@@H](CNC(=O)c1nc2ccccc2[nH]c1=O)c1cccs1. The molecule has 0 saturated carbocycles. The van der Waals surface area contributed by atoms with Crippen LogP contribution in [0.5, 0.6) is 0 Å². The number of aromatic nitrogens is 2. The number of amides is 1. The average Bonchev–Trinajstić information content (AvgIpc) is 3.09. The van der Waals surface area contributed by atoms with Gasteiger partial charge in [-0.05, 0) is 23.6 Å². The number of H-pyrrole nitrogens is 1. The van der Waals surface area contributed by atoms with E-state index >= 15 is 0 Å². The monoisotopic (exact) mass is 329 g/mol. The van der Waals surface area contributed by atoms with Crippen molar-refractivity contribution >= 4 is 28.3 Å². The van der Waals surface area contributed by atoms with Gasteiger partial charge in [0.1, 0.15) is 6.10 Å². The molecule has 6 nitrogen and oxygen atoms in total. The van der Waals surface area contributed by atoms with Crippen LogP contribution in [0, 0.1) is 0 Å². The molecule has 2 N–H and O–H groups in total. The van der Waals surface area contributed by atoms with Crippen molar-refractivity contribution in [2.75, 3.05) is 13.7 Å². The van der Waals surface area contributed by atoms with E-state index in [0.29, 0.717) is 11.0 Å². The van der Waals surface area contributed by atoms with E-state index in [1.807, 2.05) is 17.5 Å². The molecule has 0 saturated heterocycles. The van der Waals surface area contributed by atoms with E-state index in [9.17, 15) is 9.59 Å². The van der Waals surface area contributed by atoms with Crippen molar-refractivity contribution in [3.8, 4) is 0 Å². The van der Waals surface area contributed by atoms with Gasteiger partial charge in [0.25, 0.3) is 11.5 Å². The number of ether oxygens (including phenoxy) is 1. The number of carbonyl (C=O) groups excluding carboxylic acids is 1. The Balaban J connectivity index is 1.78. The quantitative estimate of drug-likeness (QED) is 0.751. The van der Waals surface area contributed by atoms with Crippen molar-refractivity contribution in [1.29, 1.82) is 0 Å². The van der Waals surface area contributed by atoms with Gasteiger partial charge in [-0.3, -0.25) is 9.59 Å². The van der Waals surface area contributed by atoms with Gasteiger partial charge in [-0.15, -0.1) is 11.3 Å². The molecular formula is C16H15N3O3S. The Labute approximate surface area is 136 Å². The number of para-hydroxylation sites is 2. The van der Waals surface area contributed by atoms with Crippen molar-refractivity contribution in [3.05, 3.63) is 62.7 Å². The summed E-state index contributed by atoms with van der Waals surface area (Å²) >= 11 is 1.55. The Kier molecular flexibility index (Phi) is 4.50. The Hall–Kier alpha value is -2.51. The van der Waals surface area contributed by atoms with Crippen molar-refractivity contribution in [3.63, 3.8) is 0 Å². The average molecular weight is 329 g/mol. The first-order chi connectivity index (χ1) is 11.2. The van der Waals surface area contributed by atoms with Crippen LogP contribution in [0.1, 0.15) is 21.5 Å². The fourth-order valence-electron chi connectivity index (χ4n) is 2.23. The highest BCUT2D eigenvalue weighted by Gasteiger charge is 2.17. The largest absolute Gasteiger partial charge is 0.374 e. The van der Waals surface area contributed by atoms with Crippen LogP contribution < -0.4 is 10.9 Å². The van der Waals surface area contributed by atoms with Crippen molar-refractivity contribution < 1.29 is 9.53 Å². The lowest BCUT2D eigenvalue weighted by Gasteiger charge is -2.14. The molecule has 0 aliphatic heterocycles. The molecule has 1 atom stereocenters. The van der Waals surface area contributed by atoms with Crippen LogP contribution in [0.4, 0.5) is 0 Å². The Morgan fingerprint density at radius 3 is 2.91 bits per heavy atom. The topological polar surface area (TPSA) is 84.1 Å². The van der Waals surface area contributed by atoms with Gasteiger partial charge in [0.2, 0.25) is 0 Å². The molecular weight excluding hydrogens is 314 g/mol. The lowest BCUT2D eigenvalue weighted by Crippen LogP contribution is -2.34. The summed E-state index contributed by atoms with van der Waals surface area (Å²) < 4.78 is 5.37. The van der Waals surface area contributed by atoms with Gasteiger partial charge in [0, 0.05) is 18.5 Å². The summed E-state index contributed by atoms with van der Waals surface area (Å²) in [5.41, 5.74) is 0.511. The van der Waals surface area contributed by atoms with Crippen molar-refractivity contribution in [1.82, 2.24) is 15.3 Å². The zero-order chi connectivity index (χ0) is 16.2. The minimum atomic E-state index is -0.518. The predicted octanol–water partition coefficient (Wildman–Crippen LogP) is 2.10. The van der Waals surface area contributed by atoms with Crippen molar-refractivity contribution in [2.45, 2.75) is 6.10 Å². The van der Waals surface area contributed by atoms with E-state index in [0.717, 1.165) is 4.88 Å². The normalized spacial score (nSPS) is 12.2. The lowest BCUT2D eigenvalue weighted by molar-refractivity contribution is 0.0833. The number of rotatable bonds is 5. The molecule has 0 fully saturated rings. The Bertz CT molecular complexity index is 874. The molecule has 0 unspecified atom stereocenters. The zero-order valence-corrected chi connectivity index (χ0v) is 13.2. The Morgan fingerprint density at radius 1 is 1.35 bits per heavy atom. The number of methoxy groups -OCH3 is 1. The third-order valence-electron chi connectivity index (χ3n) is 3.41. The first-order valence-corrected chi connectivity index (χ1v) is 7.90. The summed E-state index contributed by atoms with van der Waals surface area (Å²) in [6.45, 7) is 0.268. The number of carbonyl (C=O) groups is 1. The minimum Gasteiger partial charge on any atom is -0.374 e. The predicted molar refractivity (Wildman–Crippen MR) is 88.8 cm³/mol. The van der Waals surface area contributed by atoms with Gasteiger partial charge in [-0.25, -0.2) is 4.98 Å². The van der Waals surface area contributed by atoms with Gasteiger partial charge < -0.3 is 15.0 Å². The molecule has 0 aliphatic carbocycles. The Morgan fingerprint density at radius 2 is 2.17 bits per heavy atom. The molecule has 1 amide bonds. The van der Waals surface area contributed by atoms with E-state index in [1.54, 1.807) is 42.7 Å². The number of benzene rings is 1. The van der Waals surface area contributed by atoms with E-state index in [1.165, 1.54) is 0 Å². The molecule has 23 heavy (non-hydrogen) atoms. The molecule has 0 aliphatic rings. The minimum absolute atomic E-state index is 0.148. The van der Waals surface area contributed by atoms with Gasteiger partial charge in [-0.1, -0.05) is 18.2 Å². The molecule has 3 aromatic rings. The van der Waals surface area contributed by atoms with Crippen LogP contribution in [0.25, 0.3) is 11.0 Å². The highest BCUT2D eigenvalue weighted by Crippen LogP contribution is 2.21. The second-order valence-corrected chi connectivity index (χ2v) is 5.86. The van der Waals surface area contributed by atoms with Crippen molar-refractivity contribution in [2.24, 2.45) is 0 Å². The van der Waals surface area contributed by atoms with E-state index in [4.69, 9.17) is 4.74 Å². The van der Waals surface area contributed by atoms with E-state index < -0.39 is 11.5 Å². The van der Waals surface area contributed by atoms with Crippen LogP contribution in [-0.4, -0.2) is 29.5 Å². The first kappa shape index (κ1) is 15.4. The fraction of sp³-hybridized carbons (Fsp3) is 0.188. The highest BCUT2D eigenvalue weighted by molar-refractivity contribution is 7.10. The van der Waals surface area contributed by atoms with Gasteiger partial charge in [0.05, 0.1) is 11.0 Å². The molecule has 118 valence electrons. The highest BCUT2D eigenvalue weighted by atomic mass is 32.1. The standard InChI is InChI=1S/C16H15N3O3S/c1-22-12(13-7-4-8-23-13)9-17-15(20)14-16(21)19-11-6-3-2-5-10(11)18-14/h2-8,12H,9H2,1H3,(H,17,20)(H,19,21)/t12-/m0/s1. The number of fused-ring (bicyclic) bond motifs is 1. The molecule has 0 bridgehead atoms. The maximum absolute atomic E-state index is 12.3. The molecule has 2 heterocycles. The number of nitrogens with zero attached hydrogens (tertiary/aromatic N) is 1. The molecule has 0 radical (unpaired) electrons. The summed E-state index contributed by atoms with van der Waals surface area (Å²) in [6.07, 6.45) is -0.251. The van der Waals surface area contributed by atoms with Gasteiger partial charge in [-0.2, -0.15) is 0 Å². The number of aromatic amines is 1. The summed E-state index contributed by atoms with van der Waals surface area (Å²) in [4.78, 5) is 32.1. The number of hydrogen-bond donors (Lipinski definition) is 2. The van der Waals surface area contributed by atoms with Crippen LogP contribution in [0.3, 0.4) is 0 Å². The molecule has 1 aromatic carbocycles. The third-order valence-corrected chi connectivity index (χ3v) is 4.37. The van der Waals surface area contributed by atoms with Crippen LogP contribution in [0.15, 0.2) is 46.6 Å². The summed E-state index contributed by atoms with van der Waals surface area (Å²) in [6, 6.07) is 10.9. The molecule has 0 spiro atoms. The number of thiophene rings is 1. The van der Waals surface area contributed by atoms with E-state index in [2.05, 4.69) is 15.3 Å². The number of nitrogens with one attached hydrogen (secondary N) is 2. The summed E-state index contributed by atoms with van der Waals surface area (Å²) in [5, 5.41) is 4.65. The lowest BCUT2D eigenvalue weighted by atomic mass is 10.2. The van der Waals surface area contributed by atoms with E-state index in [-0.39, 0.29) is 18.3 Å². The number of hydrogen-bond acceptors (Lipinski definition) is 5. The van der Waals surface area contributed by atoms with Gasteiger partial charge >= 0.3 is 0 Å². The molecule has 3 rings (SSSR count). The molecule has 7 heteroatoms. The maximum Gasteiger partial charge on any atom is 0.280 e. The first-order valence-electron chi connectivity index (χ1n) is 7.02. The fourth-order valence-corrected chi connectivity index (χ4v) is 3.03. The molecule has 2 aromatic heterocycles. The maximum atomic E-state index is 12.3. The summed E-state index contributed by atoms with van der Waals surface area (Å²) in [7, 11) is 1.58.